The number of rotatable bonds is 7. The van der Waals surface area contributed by atoms with E-state index >= 15 is 0 Å². The normalized spacial score (nSPS) is 23.3. The highest BCUT2D eigenvalue weighted by Crippen LogP contribution is 2.34. The summed E-state index contributed by atoms with van der Waals surface area (Å²) in [6.45, 7) is 0.802. The first-order chi connectivity index (χ1) is 19.4. The monoisotopic (exact) mass is 563 g/mol. The van der Waals surface area contributed by atoms with E-state index in [0.717, 1.165) is 49.7 Å². The quantitative estimate of drug-likeness (QED) is 0.390. The Morgan fingerprint density at radius 2 is 1.57 bits per heavy atom. The maximum atomic E-state index is 13.2. The van der Waals surface area contributed by atoms with Gasteiger partial charge in [0, 0.05) is 37.3 Å². The molecule has 0 unspecified atom stereocenters. The molecule has 0 bridgehead atoms. The van der Waals surface area contributed by atoms with Crippen molar-refractivity contribution < 1.29 is 8.42 Å². The molecule has 1 aliphatic heterocycles. The minimum Gasteiger partial charge on any atom is -0.365 e. The van der Waals surface area contributed by atoms with Crippen LogP contribution >= 0.6 is 0 Å². The highest BCUT2D eigenvalue weighted by molar-refractivity contribution is 7.89. The fourth-order valence-corrected chi connectivity index (χ4v) is 7.73. The van der Waals surface area contributed by atoms with Crippen LogP contribution in [0.15, 0.2) is 35.5 Å². The first-order valence-electron chi connectivity index (χ1n) is 14.4. The SMILES string of the molecule is N#Cc1ccc(S(=O)(=O)N2CCC(Nc3nc(NC4CCC(N)CC4)nc4c3ncn4C3CCCC3)CC2)cc1. The molecule has 0 radical (unpaired) electrons. The van der Waals surface area contributed by atoms with Crippen LogP contribution in [0, 0.1) is 11.3 Å². The molecule has 2 aromatic heterocycles. The molecule has 3 aliphatic rings. The number of aromatic nitrogens is 4. The van der Waals surface area contributed by atoms with Crippen LogP contribution in [-0.2, 0) is 10.0 Å². The van der Waals surface area contributed by atoms with E-state index < -0.39 is 10.0 Å². The van der Waals surface area contributed by atoms with E-state index in [4.69, 9.17) is 25.9 Å². The lowest BCUT2D eigenvalue weighted by atomic mass is 9.92. The molecule has 212 valence electrons. The Morgan fingerprint density at radius 1 is 0.900 bits per heavy atom. The lowest BCUT2D eigenvalue weighted by Crippen LogP contribution is -2.42. The maximum absolute atomic E-state index is 13.2. The minimum atomic E-state index is -3.62. The van der Waals surface area contributed by atoms with Gasteiger partial charge in [-0.15, -0.1) is 0 Å². The highest BCUT2D eigenvalue weighted by atomic mass is 32.2. The zero-order valence-corrected chi connectivity index (χ0v) is 23.5. The summed E-state index contributed by atoms with van der Waals surface area (Å²) in [5.74, 6) is 1.31. The Morgan fingerprint density at radius 3 is 2.25 bits per heavy atom. The van der Waals surface area contributed by atoms with Crippen LogP contribution in [0.3, 0.4) is 0 Å². The molecule has 3 heterocycles. The number of nitriles is 1. The molecule has 6 rings (SSSR count). The largest absolute Gasteiger partial charge is 0.365 e. The van der Waals surface area contributed by atoms with Crippen LogP contribution in [-0.4, -0.2) is 63.5 Å². The summed E-state index contributed by atoms with van der Waals surface area (Å²) in [6.07, 6.45) is 11.9. The van der Waals surface area contributed by atoms with E-state index in [1.54, 1.807) is 12.1 Å². The Balaban J connectivity index is 1.20. The number of hydrogen-bond acceptors (Lipinski definition) is 9. The van der Waals surface area contributed by atoms with Crippen LogP contribution < -0.4 is 16.4 Å². The van der Waals surface area contributed by atoms with Crippen molar-refractivity contribution in [2.75, 3.05) is 23.7 Å². The van der Waals surface area contributed by atoms with Gasteiger partial charge in [0.25, 0.3) is 0 Å². The molecule has 0 atom stereocenters. The maximum Gasteiger partial charge on any atom is 0.243 e. The van der Waals surface area contributed by atoms with Crippen molar-refractivity contribution in [1.29, 1.82) is 5.26 Å². The van der Waals surface area contributed by atoms with Crippen molar-refractivity contribution in [3.8, 4) is 6.07 Å². The molecule has 11 nitrogen and oxygen atoms in total. The Labute approximate surface area is 235 Å². The van der Waals surface area contributed by atoms with Gasteiger partial charge in [-0.3, -0.25) is 0 Å². The summed E-state index contributed by atoms with van der Waals surface area (Å²) in [6, 6.07) is 9.15. The second kappa shape index (κ2) is 11.3. The fourth-order valence-electron chi connectivity index (χ4n) is 6.26. The molecule has 12 heteroatoms. The van der Waals surface area contributed by atoms with Gasteiger partial charge in [-0.1, -0.05) is 12.8 Å². The van der Waals surface area contributed by atoms with Crippen LogP contribution in [0.5, 0.6) is 0 Å². The average Bonchev–Trinajstić information content (AvgIpc) is 3.65. The first kappa shape index (κ1) is 26.9. The summed E-state index contributed by atoms with van der Waals surface area (Å²) in [5.41, 5.74) is 8.16. The van der Waals surface area contributed by atoms with Gasteiger partial charge in [0.15, 0.2) is 17.0 Å². The molecule has 4 N–H and O–H groups in total. The molecule has 0 amide bonds. The third-order valence-electron chi connectivity index (χ3n) is 8.66. The van der Waals surface area contributed by atoms with Crippen molar-refractivity contribution >= 4 is 33.0 Å². The minimum absolute atomic E-state index is 0.0580. The highest BCUT2D eigenvalue weighted by Gasteiger charge is 2.31. The van der Waals surface area contributed by atoms with Crippen LogP contribution in [0.2, 0.25) is 0 Å². The standard InChI is InChI=1S/C28H37N9O2S/c29-17-19-5-11-24(12-6-19)40(38,39)36-15-13-22(14-16-36)32-26-25-27(37(18-31-25)23-3-1-2-4-23)35-28(34-26)33-21-9-7-20(30)8-10-21/h5-6,11-12,18,20-23H,1-4,7-10,13-16,30H2,(H2,32,33,34,35). The third-order valence-corrected chi connectivity index (χ3v) is 10.6. The number of imidazole rings is 1. The van der Waals surface area contributed by atoms with E-state index in [9.17, 15) is 8.42 Å². The topological polar surface area (TPSA) is 155 Å². The number of anilines is 2. The van der Waals surface area contributed by atoms with E-state index in [1.165, 1.54) is 29.3 Å². The number of nitrogens with zero attached hydrogens (tertiary/aromatic N) is 6. The fraction of sp³-hybridized carbons (Fsp3) is 0.571. The first-order valence-corrected chi connectivity index (χ1v) is 15.9. The molecule has 3 fully saturated rings. The number of fused-ring (bicyclic) bond motifs is 1. The van der Waals surface area contributed by atoms with Gasteiger partial charge >= 0.3 is 0 Å². The number of sulfonamides is 1. The molecule has 1 aromatic carbocycles. The third kappa shape index (κ3) is 5.50. The van der Waals surface area contributed by atoms with E-state index in [2.05, 4.69) is 15.2 Å². The molecular weight excluding hydrogens is 526 g/mol. The molecule has 3 aromatic rings. The zero-order valence-electron chi connectivity index (χ0n) is 22.7. The van der Waals surface area contributed by atoms with Gasteiger partial charge in [-0.05, 0) is 75.6 Å². The zero-order chi connectivity index (χ0) is 27.7. The molecule has 2 saturated carbocycles. The smallest absolute Gasteiger partial charge is 0.243 e. The number of nitrogens with two attached hydrogens (primary N) is 1. The van der Waals surface area contributed by atoms with Crippen LogP contribution in [0.4, 0.5) is 11.8 Å². The summed E-state index contributed by atoms with van der Waals surface area (Å²) >= 11 is 0. The van der Waals surface area contributed by atoms with Crippen molar-refractivity contribution in [2.45, 2.75) is 93.3 Å². The second-order valence-electron chi connectivity index (χ2n) is 11.4. The number of piperidine rings is 1. The molecular formula is C28H37N9O2S. The Hall–Kier alpha value is -3.27. The lowest BCUT2D eigenvalue weighted by Gasteiger charge is -2.32. The van der Waals surface area contributed by atoms with E-state index in [0.29, 0.717) is 55.3 Å². The molecule has 40 heavy (non-hydrogen) atoms. The van der Waals surface area contributed by atoms with Gasteiger partial charge in [-0.25, -0.2) is 13.4 Å². The number of nitrogens with one attached hydrogen (secondary N) is 2. The number of hydrogen-bond donors (Lipinski definition) is 3. The van der Waals surface area contributed by atoms with E-state index in [-0.39, 0.29) is 17.0 Å². The molecule has 1 saturated heterocycles. The number of benzene rings is 1. The summed E-state index contributed by atoms with van der Waals surface area (Å²) in [4.78, 5) is 14.8. The summed E-state index contributed by atoms with van der Waals surface area (Å²) in [7, 11) is -3.62. The van der Waals surface area contributed by atoms with Gasteiger partial charge in [0.2, 0.25) is 16.0 Å². The summed E-state index contributed by atoms with van der Waals surface area (Å²) < 4.78 is 30.1. The Bertz CT molecular complexity index is 1480. The predicted octanol–water partition coefficient (Wildman–Crippen LogP) is 3.76. The van der Waals surface area contributed by atoms with Gasteiger partial charge in [-0.2, -0.15) is 19.5 Å². The predicted molar refractivity (Wildman–Crippen MR) is 153 cm³/mol. The van der Waals surface area contributed by atoms with Gasteiger partial charge < -0.3 is 20.9 Å². The lowest BCUT2D eigenvalue weighted by molar-refractivity contribution is 0.329. The summed E-state index contributed by atoms with van der Waals surface area (Å²) in [5, 5.41) is 16.2. The second-order valence-corrected chi connectivity index (χ2v) is 13.3. The molecule has 2 aliphatic carbocycles. The average molecular weight is 564 g/mol. The van der Waals surface area contributed by atoms with Crippen molar-refractivity contribution in [3.63, 3.8) is 0 Å². The van der Waals surface area contributed by atoms with Crippen LogP contribution in [0.1, 0.15) is 75.8 Å². The van der Waals surface area contributed by atoms with Gasteiger partial charge in [0.1, 0.15) is 0 Å². The van der Waals surface area contributed by atoms with E-state index in [1.807, 2.05) is 12.4 Å². The van der Waals surface area contributed by atoms with Crippen molar-refractivity contribution in [2.24, 2.45) is 5.73 Å². The van der Waals surface area contributed by atoms with Gasteiger partial charge in [0.05, 0.1) is 22.9 Å². The van der Waals surface area contributed by atoms with Crippen molar-refractivity contribution in [1.82, 2.24) is 23.8 Å². The van der Waals surface area contributed by atoms with Crippen LogP contribution in [0.25, 0.3) is 11.2 Å². The van der Waals surface area contributed by atoms with Crippen molar-refractivity contribution in [3.05, 3.63) is 36.2 Å². The molecule has 0 spiro atoms. The Kier molecular flexibility index (Phi) is 7.61.